The lowest BCUT2D eigenvalue weighted by atomic mass is 10.0. The normalized spacial score (nSPS) is 13.1. The van der Waals surface area contributed by atoms with Crippen LogP contribution in [0.15, 0.2) is 53.7 Å². The van der Waals surface area contributed by atoms with Gasteiger partial charge in [0, 0.05) is 5.69 Å². The summed E-state index contributed by atoms with van der Waals surface area (Å²) in [6, 6.07) is 11.6. The number of amides is 2. The number of nitrogens with zero attached hydrogens (tertiary/aromatic N) is 1. The highest BCUT2D eigenvalue weighted by atomic mass is 28.3. The van der Waals surface area contributed by atoms with E-state index < -0.39 is 38.6 Å². The number of nitroso groups, excluding NO2 is 1. The van der Waals surface area contributed by atoms with Crippen molar-refractivity contribution in [3.8, 4) is 5.75 Å². The summed E-state index contributed by atoms with van der Waals surface area (Å²) in [6.45, 7) is 5.95. The third-order valence-electron chi connectivity index (χ3n) is 4.62. The van der Waals surface area contributed by atoms with E-state index in [4.69, 9.17) is 9.84 Å². The first kappa shape index (κ1) is 23.2. The maximum atomic E-state index is 13.0. The van der Waals surface area contributed by atoms with Gasteiger partial charge in [0.1, 0.15) is 11.8 Å². The lowest BCUT2D eigenvalue weighted by Crippen LogP contribution is -2.42. The van der Waals surface area contributed by atoms with E-state index in [2.05, 4.69) is 35.5 Å². The van der Waals surface area contributed by atoms with Gasteiger partial charge in [-0.25, -0.2) is 0 Å². The molecule has 30 heavy (non-hydrogen) atoms. The first-order valence-electron chi connectivity index (χ1n) is 9.48. The number of anilines is 1. The predicted octanol–water partition coefficient (Wildman–Crippen LogP) is 2.16. The van der Waals surface area contributed by atoms with E-state index in [1.807, 2.05) is 24.3 Å². The number of aliphatic hydroxyl groups is 1. The Balaban J connectivity index is 2.26. The summed E-state index contributed by atoms with van der Waals surface area (Å²) in [5.74, 6) is -0.733. The minimum Gasteiger partial charge on any atom is -0.497 e. The molecule has 0 fully saturated rings. The average Bonchev–Trinajstić information content (AvgIpc) is 2.72. The van der Waals surface area contributed by atoms with Crippen LogP contribution in [0, 0.1) is 4.91 Å². The lowest BCUT2D eigenvalue weighted by Gasteiger charge is -2.21. The van der Waals surface area contributed by atoms with Crippen LogP contribution >= 0.6 is 0 Å². The van der Waals surface area contributed by atoms with Crippen LogP contribution in [-0.2, 0) is 9.59 Å². The minimum atomic E-state index is -1.49. The molecular formula is C21H27N3O5Si. The van der Waals surface area contributed by atoms with Crippen molar-refractivity contribution in [2.45, 2.75) is 31.7 Å². The number of ether oxygens (including phenoxy) is 1. The molecule has 0 aliphatic carbocycles. The maximum absolute atomic E-state index is 13.0. The van der Waals surface area contributed by atoms with Gasteiger partial charge in [-0.1, -0.05) is 54.3 Å². The number of hydrogen-bond donors (Lipinski definition) is 3. The summed E-state index contributed by atoms with van der Waals surface area (Å²) in [4.78, 5) is 36.0. The number of methoxy groups -OCH3 is 1. The second-order valence-electron chi connectivity index (χ2n) is 7.84. The van der Waals surface area contributed by atoms with Gasteiger partial charge in [-0.3, -0.25) is 9.59 Å². The van der Waals surface area contributed by atoms with Crippen LogP contribution in [0.5, 0.6) is 5.75 Å². The molecule has 2 aromatic carbocycles. The zero-order chi connectivity index (χ0) is 22.3. The van der Waals surface area contributed by atoms with Gasteiger partial charge >= 0.3 is 0 Å². The van der Waals surface area contributed by atoms with Crippen LogP contribution in [0.25, 0.3) is 0 Å². The average molecular weight is 430 g/mol. The highest BCUT2D eigenvalue weighted by molar-refractivity contribution is 6.88. The molecule has 3 N–H and O–H groups in total. The largest absolute Gasteiger partial charge is 0.497 e. The number of rotatable bonds is 9. The molecule has 0 radical (unpaired) electrons. The van der Waals surface area contributed by atoms with Gasteiger partial charge in [-0.2, -0.15) is 0 Å². The molecule has 8 nitrogen and oxygen atoms in total. The molecule has 2 unspecified atom stereocenters. The standard InChI is InChI=1S/C21H27N3O5Si/c1-29-16-9-5-14(6-10-16)19(23-20(26)18(13-25)24-28)21(27)22-15-7-11-17(12-8-15)30(2,3)4/h5-12,18-19,25H,13H2,1-4H3,(H,22,27)(H,23,26). The Hall–Kier alpha value is -3.04. The van der Waals surface area contributed by atoms with Gasteiger partial charge in [-0.05, 0) is 29.8 Å². The molecule has 0 aliphatic heterocycles. The maximum Gasteiger partial charge on any atom is 0.251 e. The Morgan fingerprint density at radius 3 is 2.10 bits per heavy atom. The van der Waals surface area contributed by atoms with E-state index in [-0.39, 0.29) is 0 Å². The highest BCUT2D eigenvalue weighted by Crippen LogP contribution is 2.20. The van der Waals surface area contributed by atoms with E-state index in [0.717, 1.165) is 0 Å². The van der Waals surface area contributed by atoms with Crippen molar-refractivity contribution in [2.24, 2.45) is 5.18 Å². The van der Waals surface area contributed by atoms with Gasteiger partial charge < -0.3 is 20.5 Å². The molecule has 0 bridgehead atoms. The zero-order valence-electron chi connectivity index (χ0n) is 17.5. The fourth-order valence-corrected chi connectivity index (χ4v) is 3.93. The summed E-state index contributed by atoms with van der Waals surface area (Å²) >= 11 is 0. The van der Waals surface area contributed by atoms with Crippen molar-refractivity contribution < 1.29 is 19.4 Å². The summed E-state index contributed by atoms with van der Waals surface area (Å²) in [6.07, 6.45) is 0. The topological polar surface area (TPSA) is 117 Å². The predicted molar refractivity (Wildman–Crippen MR) is 119 cm³/mol. The Labute approximate surface area is 176 Å². The molecule has 2 atom stereocenters. The van der Waals surface area contributed by atoms with Crippen molar-refractivity contribution in [3.63, 3.8) is 0 Å². The zero-order valence-corrected chi connectivity index (χ0v) is 18.5. The second kappa shape index (κ2) is 10.1. The number of carbonyl (C=O) groups is 2. The van der Waals surface area contributed by atoms with Crippen LogP contribution in [0.2, 0.25) is 19.6 Å². The monoisotopic (exact) mass is 429 g/mol. The van der Waals surface area contributed by atoms with E-state index in [0.29, 0.717) is 17.0 Å². The smallest absolute Gasteiger partial charge is 0.251 e. The molecule has 2 rings (SSSR count). The first-order chi connectivity index (χ1) is 14.2. The Bertz CT molecular complexity index is 879. The van der Waals surface area contributed by atoms with Crippen LogP contribution in [-0.4, -0.2) is 44.8 Å². The summed E-state index contributed by atoms with van der Waals surface area (Å²) in [5.41, 5.74) is 1.07. The third-order valence-corrected chi connectivity index (χ3v) is 6.68. The van der Waals surface area contributed by atoms with Crippen molar-refractivity contribution >= 4 is 30.8 Å². The number of benzene rings is 2. The molecule has 2 amide bonds. The molecule has 0 spiro atoms. The van der Waals surface area contributed by atoms with Crippen LogP contribution in [0.3, 0.4) is 0 Å². The van der Waals surface area contributed by atoms with Gasteiger partial charge in [0.05, 0.1) is 21.8 Å². The highest BCUT2D eigenvalue weighted by Gasteiger charge is 2.27. The third kappa shape index (κ3) is 5.98. The minimum absolute atomic E-state index is 0.489. The molecule has 0 saturated heterocycles. The molecule has 0 heterocycles. The molecule has 0 aromatic heterocycles. The van der Waals surface area contributed by atoms with Crippen LogP contribution < -0.4 is 20.6 Å². The van der Waals surface area contributed by atoms with Crippen molar-refractivity contribution in [1.82, 2.24) is 5.32 Å². The summed E-state index contributed by atoms with van der Waals surface area (Å²) in [7, 11) is 0.0526. The Morgan fingerprint density at radius 1 is 1.03 bits per heavy atom. The van der Waals surface area contributed by atoms with Gasteiger partial charge in [0.25, 0.3) is 11.8 Å². The van der Waals surface area contributed by atoms with Gasteiger partial charge in [-0.15, -0.1) is 4.91 Å². The Morgan fingerprint density at radius 2 is 1.63 bits per heavy atom. The summed E-state index contributed by atoms with van der Waals surface area (Å²) < 4.78 is 5.12. The SMILES string of the molecule is COc1ccc(C(NC(=O)C(CO)N=O)C(=O)Nc2ccc([Si](C)(C)C)cc2)cc1. The molecule has 9 heteroatoms. The first-order valence-corrected chi connectivity index (χ1v) is 13.0. The molecule has 0 saturated carbocycles. The van der Waals surface area contributed by atoms with Crippen molar-refractivity contribution in [1.29, 1.82) is 0 Å². The number of carbonyl (C=O) groups excluding carboxylic acids is 2. The van der Waals surface area contributed by atoms with E-state index in [9.17, 15) is 14.5 Å². The fraction of sp³-hybridized carbons (Fsp3) is 0.333. The van der Waals surface area contributed by atoms with Gasteiger partial charge in [0.2, 0.25) is 0 Å². The Kier molecular flexibility index (Phi) is 7.84. The van der Waals surface area contributed by atoms with Crippen LogP contribution in [0.1, 0.15) is 11.6 Å². The molecule has 160 valence electrons. The van der Waals surface area contributed by atoms with E-state index >= 15 is 0 Å². The lowest BCUT2D eigenvalue weighted by molar-refractivity contribution is -0.128. The molecule has 0 aliphatic rings. The number of hydrogen-bond acceptors (Lipinski definition) is 6. The number of aliphatic hydroxyl groups excluding tert-OH is 1. The summed E-state index contributed by atoms with van der Waals surface area (Å²) in [5, 5.41) is 18.3. The van der Waals surface area contributed by atoms with Gasteiger partial charge in [0.15, 0.2) is 6.04 Å². The van der Waals surface area contributed by atoms with E-state index in [1.54, 1.807) is 24.3 Å². The van der Waals surface area contributed by atoms with Crippen molar-refractivity contribution in [2.75, 3.05) is 19.0 Å². The quantitative estimate of drug-likeness (QED) is 0.417. The van der Waals surface area contributed by atoms with Crippen molar-refractivity contribution in [3.05, 3.63) is 59.0 Å². The molecular weight excluding hydrogens is 402 g/mol. The number of nitrogens with one attached hydrogen (secondary N) is 2. The van der Waals surface area contributed by atoms with E-state index in [1.165, 1.54) is 12.3 Å². The fourth-order valence-electron chi connectivity index (χ4n) is 2.77. The second-order valence-corrected chi connectivity index (χ2v) is 12.9. The molecule has 2 aromatic rings. The van der Waals surface area contributed by atoms with Crippen LogP contribution in [0.4, 0.5) is 5.69 Å².